The van der Waals surface area contributed by atoms with Crippen molar-refractivity contribution in [3.8, 4) is 0 Å². The second-order valence-electron chi connectivity index (χ2n) is 4.25. The summed E-state index contributed by atoms with van der Waals surface area (Å²) >= 11 is 5.83. The third-order valence-electron chi connectivity index (χ3n) is 3.13. The van der Waals surface area contributed by atoms with Crippen LogP contribution >= 0.6 is 11.6 Å². The molecule has 1 unspecified atom stereocenters. The zero-order valence-electron chi connectivity index (χ0n) is 11.5. The Morgan fingerprint density at radius 1 is 1.42 bits per heavy atom. The lowest BCUT2D eigenvalue weighted by molar-refractivity contribution is 0.0980. The fraction of sp³-hybridized carbons (Fsp3) is 0.571. The number of benzene rings is 1. The van der Waals surface area contributed by atoms with E-state index >= 15 is 0 Å². The first-order chi connectivity index (χ1) is 9.13. The van der Waals surface area contributed by atoms with Gasteiger partial charge in [-0.1, -0.05) is 24.6 Å². The van der Waals surface area contributed by atoms with E-state index in [1.54, 1.807) is 12.1 Å². The molecule has 0 spiro atoms. The zero-order valence-corrected chi connectivity index (χ0v) is 12.3. The van der Waals surface area contributed by atoms with Crippen LogP contribution in [0.3, 0.4) is 0 Å². The Bertz CT molecular complexity index is 390. The highest BCUT2D eigenvalue weighted by atomic mass is 35.5. The maximum absolute atomic E-state index is 13.2. The highest BCUT2D eigenvalue weighted by molar-refractivity contribution is 6.30. The van der Waals surface area contributed by atoms with Gasteiger partial charge < -0.3 is 10.5 Å². The van der Waals surface area contributed by atoms with Crippen LogP contribution in [0.5, 0.6) is 0 Å². The summed E-state index contributed by atoms with van der Waals surface area (Å²) < 4.78 is 18.6. The SMILES string of the molecule is CCOCCN(CC)C(CN)c1ccc(F)c(Cl)c1. The topological polar surface area (TPSA) is 38.5 Å². The number of likely N-dealkylation sites (N-methyl/N-ethyl adjacent to an activating group) is 1. The third kappa shape index (κ3) is 4.73. The number of hydrogen-bond donors (Lipinski definition) is 1. The van der Waals surface area contributed by atoms with Gasteiger partial charge in [0, 0.05) is 25.7 Å². The van der Waals surface area contributed by atoms with Crippen LogP contribution in [0.4, 0.5) is 4.39 Å². The van der Waals surface area contributed by atoms with Gasteiger partial charge in [-0.2, -0.15) is 0 Å². The van der Waals surface area contributed by atoms with Crippen molar-refractivity contribution in [1.82, 2.24) is 4.90 Å². The number of rotatable bonds is 8. The summed E-state index contributed by atoms with van der Waals surface area (Å²) in [6.07, 6.45) is 0. The molecule has 3 nitrogen and oxygen atoms in total. The van der Waals surface area contributed by atoms with E-state index in [1.807, 2.05) is 6.92 Å². The average molecular weight is 289 g/mol. The van der Waals surface area contributed by atoms with Crippen molar-refractivity contribution in [3.63, 3.8) is 0 Å². The molecule has 0 fully saturated rings. The third-order valence-corrected chi connectivity index (χ3v) is 3.42. The Labute approximate surface area is 119 Å². The minimum Gasteiger partial charge on any atom is -0.380 e. The fourth-order valence-electron chi connectivity index (χ4n) is 2.08. The molecule has 108 valence electrons. The normalized spacial score (nSPS) is 12.9. The molecular formula is C14H22ClFN2O. The van der Waals surface area contributed by atoms with Crippen LogP contribution in [0.1, 0.15) is 25.5 Å². The lowest BCUT2D eigenvalue weighted by Crippen LogP contribution is -2.36. The van der Waals surface area contributed by atoms with Gasteiger partial charge in [-0.15, -0.1) is 0 Å². The largest absolute Gasteiger partial charge is 0.380 e. The Morgan fingerprint density at radius 2 is 2.16 bits per heavy atom. The maximum atomic E-state index is 13.2. The molecule has 0 aliphatic rings. The Morgan fingerprint density at radius 3 is 2.68 bits per heavy atom. The Kier molecular flexibility index (Phi) is 7.31. The van der Waals surface area contributed by atoms with E-state index in [-0.39, 0.29) is 11.1 Å². The first-order valence-electron chi connectivity index (χ1n) is 6.60. The summed E-state index contributed by atoms with van der Waals surface area (Å²) in [5, 5.41) is 0.136. The number of nitrogens with zero attached hydrogens (tertiary/aromatic N) is 1. The van der Waals surface area contributed by atoms with Crippen LogP contribution in [0.15, 0.2) is 18.2 Å². The molecule has 0 amide bonds. The van der Waals surface area contributed by atoms with Gasteiger partial charge in [0.25, 0.3) is 0 Å². The van der Waals surface area contributed by atoms with E-state index in [0.29, 0.717) is 19.8 Å². The van der Waals surface area contributed by atoms with Crippen molar-refractivity contribution in [3.05, 3.63) is 34.6 Å². The molecular weight excluding hydrogens is 267 g/mol. The molecule has 0 aromatic heterocycles. The van der Waals surface area contributed by atoms with Gasteiger partial charge in [-0.25, -0.2) is 4.39 Å². The molecule has 0 radical (unpaired) electrons. The first-order valence-corrected chi connectivity index (χ1v) is 6.98. The van der Waals surface area contributed by atoms with Crippen molar-refractivity contribution in [2.45, 2.75) is 19.9 Å². The van der Waals surface area contributed by atoms with Crippen LogP contribution < -0.4 is 5.73 Å². The van der Waals surface area contributed by atoms with Crippen LogP contribution in [0.2, 0.25) is 5.02 Å². The molecule has 0 bridgehead atoms. The Balaban J connectivity index is 2.80. The minimum absolute atomic E-state index is 0.0311. The monoisotopic (exact) mass is 288 g/mol. The summed E-state index contributed by atoms with van der Waals surface area (Å²) in [5.41, 5.74) is 6.79. The molecule has 1 aromatic carbocycles. The molecule has 5 heteroatoms. The zero-order chi connectivity index (χ0) is 14.3. The predicted molar refractivity (Wildman–Crippen MR) is 76.9 cm³/mol. The summed E-state index contributed by atoms with van der Waals surface area (Å²) in [4.78, 5) is 2.21. The van der Waals surface area contributed by atoms with Crippen LogP contribution in [0, 0.1) is 5.82 Å². The van der Waals surface area contributed by atoms with Gasteiger partial charge in [0.15, 0.2) is 0 Å². The van der Waals surface area contributed by atoms with Crippen molar-refractivity contribution in [1.29, 1.82) is 0 Å². The van der Waals surface area contributed by atoms with E-state index in [9.17, 15) is 4.39 Å². The lowest BCUT2D eigenvalue weighted by atomic mass is 10.1. The van der Waals surface area contributed by atoms with E-state index in [2.05, 4.69) is 11.8 Å². The highest BCUT2D eigenvalue weighted by Gasteiger charge is 2.18. The highest BCUT2D eigenvalue weighted by Crippen LogP contribution is 2.24. The molecule has 0 saturated heterocycles. The molecule has 1 rings (SSSR count). The van der Waals surface area contributed by atoms with Gasteiger partial charge in [0.05, 0.1) is 11.6 Å². The van der Waals surface area contributed by atoms with E-state index in [1.165, 1.54) is 6.07 Å². The summed E-state index contributed by atoms with van der Waals surface area (Å²) in [7, 11) is 0. The number of halogens is 2. The standard InChI is InChI=1S/C14H22ClFN2O/c1-3-18(7-8-19-4-2)14(10-17)11-5-6-13(16)12(15)9-11/h5-6,9,14H,3-4,7-8,10,17H2,1-2H3. The van der Waals surface area contributed by atoms with Crippen molar-refractivity contribution >= 4 is 11.6 Å². The minimum atomic E-state index is -0.404. The van der Waals surface area contributed by atoms with Gasteiger partial charge >= 0.3 is 0 Å². The summed E-state index contributed by atoms with van der Waals surface area (Å²) in [6, 6.07) is 4.81. The fourth-order valence-corrected chi connectivity index (χ4v) is 2.27. The van der Waals surface area contributed by atoms with Gasteiger partial charge in [-0.3, -0.25) is 4.90 Å². The molecule has 0 aliphatic heterocycles. The lowest BCUT2D eigenvalue weighted by Gasteiger charge is -2.30. The quantitative estimate of drug-likeness (QED) is 0.748. The van der Waals surface area contributed by atoms with Gasteiger partial charge in [0.1, 0.15) is 5.82 Å². The summed E-state index contributed by atoms with van der Waals surface area (Å²) in [5.74, 6) is -0.404. The second-order valence-corrected chi connectivity index (χ2v) is 4.66. The van der Waals surface area contributed by atoms with E-state index in [4.69, 9.17) is 22.1 Å². The number of nitrogens with two attached hydrogens (primary N) is 1. The van der Waals surface area contributed by atoms with Crippen LogP contribution in [-0.4, -0.2) is 37.7 Å². The molecule has 19 heavy (non-hydrogen) atoms. The summed E-state index contributed by atoms with van der Waals surface area (Å²) in [6.45, 7) is 7.51. The Hall–Kier alpha value is -0.680. The number of hydrogen-bond acceptors (Lipinski definition) is 3. The molecule has 1 aromatic rings. The molecule has 0 aliphatic carbocycles. The van der Waals surface area contributed by atoms with Gasteiger partial charge in [0.2, 0.25) is 0 Å². The molecule has 0 heterocycles. The van der Waals surface area contributed by atoms with E-state index < -0.39 is 5.82 Å². The van der Waals surface area contributed by atoms with Crippen molar-refractivity contribution in [2.75, 3.05) is 32.8 Å². The van der Waals surface area contributed by atoms with E-state index in [0.717, 1.165) is 18.7 Å². The van der Waals surface area contributed by atoms with Crippen LogP contribution in [-0.2, 0) is 4.74 Å². The first kappa shape index (κ1) is 16.4. The van der Waals surface area contributed by atoms with Gasteiger partial charge in [-0.05, 0) is 31.2 Å². The van der Waals surface area contributed by atoms with Crippen LogP contribution in [0.25, 0.3) is 0 Å². The smallest absolute Gasteiger partial charge is 0.141 e. The van der Waals surface area contributed by atoms with Crippen molar-refractivity contribution < 1.29 is 9.13 Å². The predicted octanol–water partition coefficient (Wildman–Crippen LogP) is 2.84. The molecule has 0 saturated carbocycles. The average Bonchev–Trinajstić information content (AvgIpc) is 2.41. The molecule has 1 atom stereocenters. The van der Waals surface area contributed by atoms with Crippen molar-refractivity contribution in [2.24, 2.45) is 5.73 Å². The second kappa shape index (κ2) is 8.48. The number of ether oxygens (including phenoxy) is 1. The molecule has 2 N–H and O–H groups in total. The maximum Gasteiger partial charge on any atom is 0.141 e.